The predicted molar refractivity (Wildman–Crippen MR) is 112 cm³/mol. The van der Waals surface area contributed by atoms with Crippen LogP contribution in [-0.2, 0) is 14.4 Å². The Bertz CT molecular complexity index is 728. The molecule has 1 saturated heterocycles. The topological polar surface area (TPSA) is 67.8 Å². The molecular formula is C24H36N2O3. The summed E-state index contributed by atoms with van der Waals surface area (Å²) in [4.78, 5) is 31.7. The number of rotatable bonds is 2. The average molecular weight is 401 g/mol. The number of nitrogens with one attached hydrogen (secondary N) is 1. The molecule has 1 aliphatic heterocycles. The Morgan fingerprint density at radius 1 is 1.03 bits per heavy atom. The number of carbonyl (C=O) groups excluding carboxylic acids is 2. The molecule has 0 bridgehead atoms. The molecule has 1 heterocycles. The minimum Gasteiger partial charge on any atom is -0.391 e. The Balaban J connectivity index is 1.32. The third-order valence-electron chi connectivity index (χ3n) is 9.59. The van der Waals surface area contributed by atoms with Crippen LogP contribution in [0.25, 0.3) is 0 Å². The van der Waals surface area contributed by atoms with Crippen molar-refractivity contribution in [2.24, 2.45) is 39.7 Å². The third-order valence-corrected chi connectivity index (χ3v) is 9.59. The Labute approximate surface area is 174 Å². The van der Waals surface area contributed by atoms with Gasteiger partial charge in [0.15, 0.2) is 0 Å². The molecule has 7 atom stereocenters. The van der Waals surface area contributed by atoms with E-state index in [-0.39, 0.29) is 22.9 Å². The Hall–Kier alpha value is -1.23. The van der Waals surface area contributed by atoms with E-state index in [0.29, 0.717) is 35.7 Å². The van der Waals surface area contributed by atoms with Crippen molar-refractivity contribution in [2.45, 2.75) is 84.2 Å². The normalized spacial score (nSPS) is 48.8. The van der Waals surface area contributed by atoms with Gasteiger partial charge in [-0.3, -0.25) is 9.59 Å². The Morgan fingerprint density at radius 2 is 1.90 bits per heavy atom. The van der Waals surface area contributed by atoms with Crippen LogP contribution >= 0.6 is 0 Å². The summed E-state index contributed by atoms with van der Waals surface area (Å²) in [5, 5.41) is 7.89. The average Bonchev–Trinajstić information content (AvgIpc) is 3.03. The molecular weight excluding hydrogens is 364 g/mol. The van der Waals surface area contributed by atoms with Gasteiger partial charge >= 0.3 is 0 Å². The van der Waals surface area contributed by atoms with Crippen LogP contribution < -0.4 is 5.32 Å². The Morgan fingerprint density at radius 3 is 2.69 bits per heavy atom. The summed E-state index contributed by atoms with van der Waals surface area (Å²) < 4.78 is 0. The maximum atomic E-state index is 13.3. The van der Waals surface area contributed by atoms with Crippen molar-refractivity contribution in [3.8, 4) is 0 Å². The van der Waals surface area contributed by atoms with Crippen molar-refractivity contribution in [2.75, 3.05) is 13.1 Å². The summed E-state index contributed by atoms with van der Waals surface area (Å²) in [7, 11) is 0. The van der Waals surface area contributed by atoms with Gasteiger partial charge in [0, 0.05) is 30.7 Å². The van der Waals surface area contributed by atoms with Gasteiger partial charge in [0.1, 0.15) is 17.7 Å². The number of fused-ring (bicyclic) bond motifs is 5. The molecule has 5 nitrogen and oxygen atoms in total. The summed E-state index contributed by atoms with van der Waals surface area (Å²) in [6.07, 6.45) is 9.67. The number of oxime groups is 1. The second kappa shape index (κ2) is 7.18. The number of hydrogen-bond acceptors (Lipinski definition) is 5. The van der Waals surface area contributed by atoms with E-state index in [1.165, 1.54) is 0 Å². The van der Waals surface area contributed by atoms with Gasteiger partial charge in [-0.25, -0.2) is 0 Å². The number of piperidine rings is 1. The van der Waals surface area contributed by atoms with Crippen LogP contribution in [0.4, 0.5) is 0 Å². The lowest BCUT2D eigenvalue weighted by Gasteiger charge is -2.58. The first-order chi connectivity index (χ1) is 13.9. The van der Waals surface area contributed by atoms with E-state index in [9.17, 15) is 9.59 Å². The first kappa shape index (κ1) is 19.7. The summed E-state index contributed by atoms with van der Waals surface area (Å²) in [5.41, 5.74) is 0.994. The quantitative estimate of drug-likeness (QED) is 0.714. The number of Topliss-reactive ketones (excluding diaryl/α,β-unsaturated/α-hetero) is 2. The fourth-order valence-corrected chi connectivity index (χ4v) is 7.76. The predicted octanol–water partition coefficient (Wildman–Crippen LogP) is 3.90. The van der Waals surface area contributed by atoms with E-state index < -0.39 is 0 Å². The van der Waals surface area contributed by atoms with Gasteiger partial charge in [0.2, 0.25) is 0 Å². The fraction of sp³-hybridized carbons (Fsp3) is 0.875. The Kier molecular flexibility index (Phi) is 4.88. The van der Waals surface area contributed by atoms with Gasteiger partial charge in [0.05, 0.1) is 5.71 Å². The first-order valence-corrected chi connectivity index (χ1v) is 11.9. The minimum atomic E-state index is -0.159. The van der Waals surface area contributed by atoms with Gasteiger partial charge in [-0.15, -0.1) is 0 Å². The van der Waals surface area contributed by atoms with Crippen LogP contribution in [0, 0.1) is 34.5 Å². The van der Waals surface area contributed by atoms with Crippen molar-refractivity contribution in [3.05, 3.63) is 0 Å². The van der Waals surface area contributed by atoms with Crippen LogP contribution in [0.5, 0.6) is 0 Å². The largest absolute Gasteiger partial charge is 0.391 e. The molecule has 1 N–H and O–H groups in total. The molecule has 5 fully saturated rings. The zero-order chi connectivity index (χ0) is 20.2. The molecule has 0 aromatic rings. The van der Waals surface area contributed by atoms with E-state index in [1.807, 2.05) is 0 Å². The van der Waals surface area contributed by atoms with Crippen LogP contribution in [0.2, 0.25) is 0 Å². The zero-order valence-corrected chi connectivity index (χ0v) is 18.0. The van der Waals surface area contributed by atoms with Crippen molar-refractivity contribution >= 4 is 17.3 Å². The molecule has 0 radical (unpaired) electrons. The van der Waals surface area contributed by atoms with Crippen molar-refractivity contribution in [1.29, 1.82) is 0 Å². The van der Waals surface area contributed by atoms with Gasteiger partial charge in [0.25, 0.3) is 0 Å². The van der Waals surface area contributed by atoms with Crippen LogP contribution in [-0.4, -0.2) is 36.5 Å². The number of nitrogens with zero attached hydrogens (tertiary/aromatic N) is 1. The van der Waals surface area contributed by atoms with E-state index in [1.54, 1.807) is 0 Å². The van der Waals surface area contributed by atoms with Crippen LogP contribution in [0.3, 0.4) is 0 Å². The van der Waals surface area contributed by atoms with Gasteiger partial charge in [-0.05, 0) is 81.1 Å². The van der Waals surface area contributed by atoms with Gasteiger partial charge < -0.3 is 10.2 Å². The SMILES string of the molecule is C[C@]12CC/C(=N\O[C@@H]3CCCNC3)C[C@@H]1C(=O)C[C@@H]1[C@@H]2CC[C@]2(C)C(=O)CC[C@@H]12. The molecule has 5 heteroatoms. The highest BCUT2D eigenvalue weighted by Crippen LogP contribution is 2.64. The number of ketones is 2. The highest BCUT2D eigenvalue weighted by molar-refractivity contribution is 5.93. The van der Waals surface area contributed by atoms with E-state index in [0.717, 1.165) is 76.6 Å². The van der Waals surface area contributed by atoms with Crippen molar-refractivity contribution < 1.29 is 14.4 Å². The van der Waals surface area contributed by atoms with Crippen LogP contribution in [0.15, 0.2) is 5.16 Å². The highest BCUT2D eigenvalue weighted by atomic mass is 16.6. The lowest BCUT2D eigenvalue weighted by molar-refractivity contribution is -0.152. The van der Waals surface area contributed by atoms with Gasteiger partial charge in [-0.2, -0.15) is 0 Å². The molecule has 0 aromatic heterocycles. The molecule has 160 valence electrons. The van der Waals surface area contributed by atoms with Crippen molar-refractivity contribution in [1.82, 2.24) is 5.32 Å². The summed E-state index contributed by atoms with van der Waals surface area (Å²) in [6, 6.07) is 0. The van der Waals surface area contributed by atoms with E-state index in [2.05, 4.69) is 24.3 Å². The highest BCUT2D eigenvalue weighted by Gasteiger charge is 2.62. The first-order valence-electron chi connectivity index (χ1n) is 11.9. The smallest absolute Gasteiger partial charge is 0.139 e. The van der Waals surface area contributed by atoms with Crippen molar-refractivity contribution in [3.63, 3.8) is 0 Å². The summed E-state index contributed by atoms with van der Waals surface area (Å²) in [5.74, 6) is 2.38. The van der Waals surface area contributed by atoms with E-state index >= 15 is 0 Å². The zero-order valence-electron chi connectivity index (χ0n) is 18.0. The second-order valence-electron chi connectivity index (χ2n) is 11.0. The molecule has 0 amide bonds. The summed E-state index contributed by atoms with van der Waals surface area (Å²) >= 11 is 0. The number of carbonyl (C=O) groups is 2. The molecule has 4 saturated carbocycles. The monoisotopic (exact) mass is 400 g/mol. The summed E-state index contributed by atoms with van der Waals surface area (Å²) in [6.45, 7) is 6.50. The third kappa shape index (κ3) is 3.10. The second-order valence-corrected chi connectivity index (χ2v) is 11.0. The molecule has 0 aromatic carbocycles. The fourth-order valence-electron chi connectivity index (χ4n) is 7.76. The molecule has 4 aliphatic carbocycles. The van der Waals surface area contributed by atoms with Crippen LogP contribution in [0.1, 0.15) is 78.1 Å². The molecule has 0 unspecified atom stereocenters. The molecule has 5 aliphatic rings. The minimum absolute atomic E-state index is 0.0678. The van der Waals surface area contributed by atoms with Gasteiger partial charge in [-0.1, -0.05) is 19.0 Å². The maximum Gasteiger partial charge on any atom is 0.139 e. The molecule has 5 rings (SSSR count). The molecule has 0 spiro atoms. The number of hydrogen-bond donors (Lipinski definition) is 1. The maximum absolute atomic E-state index is 13.3. The lowest BCUT2D eigenvalue weighted by Crippen LogP contribution is -2.56. The molecule has 29 heavy (non-hydrogen) atoms. The van der Waals surface area contributed by atoms with E-state index in [4.69, 9.17) is 4.84 Å². The lowest BCUT2D eigenvalue weighted by atomic mass is 9.45. The standard InChI is InChI=1S/C24H36N2O3/c1-23-9-7-15(26-29-16-4-3-11-25-14-16)12-20(23)21(27)13-17-18-5-6-22(28)24(18,2)10-8-19(17)23/h16-20,25H,3-14H2,1-2H3/b26-15+/t16-,17+,18+,19+,20-,23-,24+/m1/s1.